The molecule has 2 aliphatic rings. The Morgan fingerprint density at radius 1 is 0.957 bits per heavy atom. The predicted octanol–water partition coefficient (Wildman–Crippen LogP) is 2.03. The molecule has 2 fully saturated rings. The highest BCUT2D eigenvalue weighted by molar-refractivity contribution is 5.85. The zero-order valence-electron chi connectivity index (χ0n) is 14.7. The van der Waals surface area contributed by atoms with Crippen LogP contribution >= 0.6 is 12.4 Å². The molecule has 1 saturated heterocycles. The van der Waals surface area contributed by atoms with E-state index < -0.39 is 6.04 Å². The number of nitrogens with zero attached hydrogens (tertiary/aromatic N) is 2. The molecule has 2 amide bonds. The van der Waals surface area contributed by atoms with Crippen LogP contribution in [0.1, 0.15) is 52.9 Å². The fourth-order valence-corrected chi connectivity index (χ4v) is 3.32. The molecule has 1 atom stereocenters. The molecule has 5 nitrogen and oxygen atoms in total. The monoisotopic (exact) mass is 345 g/mol. The van der Waals surface area contributed by atoms with Crippen LogP contribution < -0.4 is 5.73 Å². The van der Waals surface area contributed by atoms with E-state index in [1.165, 1.54) is 19.3 Å². The Kier molecular flexibility index (Phi) is 7.33. The van der Waals surface area contributed by atoms with Gasteiger partial charge in [0.1, 0.15) is 0 Å². The lowest BCUT2D eigenvalue weighted by atomic mass is 9.86. The van der Waals surface area contributed by atoms with Gasteiger partial charge in [-0.1, -0.05) is 40.0 Å². The average molecular weight is 346 g/mol. The normalized spacial score (nSPS) is 21.6. The minimum absolute atomic E-state index is 0. The van der Waals surface area contributed by atoms with Crippen LogP contribution in [0.5, 0.6) is 0 Å². The van der Waals surface area contributed by atoms with Gasteiger partial charge in [-0.2, -0.15) is 0 Å². The van der Waals surface area contributed by atoms with Crippen molar-refractivity contribution in [1.82, 2.24) is 9.80 Å². The second-order valence-electron chi connectivity index (χ2n) is 7.83. The van der Waals surface area contributed by atoms with Crippen molar-refractivity contribution in [1.29, 1.82) is 0 Å². The largest absolute Gasteiger partial charge is 0.339 e. The number of rotatable bonds is 2. The van der Waals surface area contributed by atoms with Crippen LogP contribution in [-0.2, 0) is 9.59 Å². The predicted molar refractivity (Wildman–Crippen MR) is 94.4 cm³/mol. The molecule has 0 unspecified atom stereocenters. The fourth-order valence-electron chi connectivity index (χ4n) is 3.32. The van der Waals surface area contributed by atoms with E-state index in [2.05, 4.69) is 0 Å². The number of piperazine rings is 1. The van der Waals surface area contributed by atoms with E-state index in [9.17, 15) is 9.59 Å². The Labute approximate surface area is 146 Å². The molecule has 1 aliphatic carbocycles. The third kappa shape index (κ3) is 5.08. The van der Waals surface area contributed by atoms with Gasteiger partial charge in [0.25, 0.3) is 0 Å². The standard InChI is InChI=1S/C17H31N3O2.ClH/c1-17(2,3)14(18)16(22)20-11-9-19(10-12-20)15(21)13-7-5-4-6-8-13;/h13-14H,4-12,18H2,1-3H3;1H/t14-;/m1./s1. The van der Waals surface area contributed by atoms with Crippen molar-refractivity contribution in [3.05, 3.63) is 0 Å². The van der Waals surface area contributed by atoms with Crippen LogP contribution in [-0.4, -0.2) is 53.8 Å². The molecule has 1 aliphatic heterocycles. The Balaban J connectivity index is 0.00000264. The van der Waals surface area contributed by atoms with Gasteiger partial charge in [-0.3, -0.25) is 9.59 Å². The molecule has 0 spiro atoms. The van der Waals surface area contributed by atoms with Crippen LogP contribution in [0.25, 0.3) is 0 Å². The highest BCUT2D eigenvalue weighted by Crippen LogP contribution is 2.26. The molecule has 0 bridgehead atoms. The lowest BCUT2D eigenvalue weighted by Crippen LogP contribution is -2.57. The number of hydrogen-bond donors (Lipinski definition) is 1. The van der Waals surface area contributed by atoms with E-state index in [0.29, 0.717) is 32.1 Å². The van der Waals surface area contributed by atoms with E-state index in [0.717, 1.165) is 12.8 Å². The van der Waals surface area contributed by atoms with Crippen molar-refractivity contribution in [2.45, 2.75) is 58.9 Å². The lowest BCUT2D eigenvalue weighted by molar-refractivity contribution is -0.144. The molecule has 2 rings (SSSR count). The molecule has 1 saturated carbocycles. The number of carbonyl (C=O) groups excluding carboxylic acids is 2. The molecular weight excluding hydrogens is 314 g/mol. The highest BCUT2D eigenvalue weighted by Gasteiger charge is 2.34. The number of nitrogens with two attached hydrogens (primary N) is 1. The van der Waals surface area contributed by atoms with Gasteiger partial charge in [-0.25, -0.2) is 0 Å². The first-order valence-electron chi connectivity index (χ1n) is 8.64. The van der Waals surface area contributed by atoms with Crippen molar-refractivity contribution in [3.8, 4) is 0 Å². The Bertz CT molecular complexity index is 409. The summed E-state index contributed by atoms with van der Waals surface area (Å²) in [6, 6.07) is -0.479. The lowest BCUT2D eigenvalue weighted by Gasteiger charge is -2.39. The highest BCUT2D eigenvalue weighted by atomic mass is 35.5. The van der Waals surface area contributed by atoms with Gasteiger partial charge in [0.2, 0.25) is 11.8 Å². The molecule has 0 aromatic carbocycles. The summed E-state index contributed by atoms with van der Waals surface area (Å²) in [5.74, 6) is 0.525. The summed E-state index contributed by atoms with van der Waals surface area (Å²) in [5.41, 5.74) is 5.83. The first-order valence-corrected chi connectivity index (χ1v) is 8.64. The third-order valence-electron chi connectivity index (χ3n) is 5.06. The van der Waals surface area contributed by atoms with Gasteiger partial charge in [0.05, 0.1) is 6.04 Å². The summed E-state index contributed by atoms with van der Waals surface area (Å²) in [5, 5.41) is 0. The minimum Gasteiger partial charge on any atom is -0.339 e. The zero-order chi connectivity index (χ0) is 16.3. The summed E-state index contributed by atoms with van der Waals surface area (Å²) in [6.45, 7) is 8.48. The van der Waals surface area contributed by atoms with Crippen molar-refractivity contribution in [3.63, 3.8) is 0 Å². The first-order chi connectivity index (χ1) is 10.3. The van der Waals surface area contributed by atoms with Crippen molar-refractivity contribution < 1.29 is 9.59 Å². The van der Waals surface area contributed by atoms with Gasteiger partial charge in [0.15, 0.2) is 0 Å². The molecule has 0 radical (unpaired) electrons. The smallest absolute Gasteiger partial charge is 0.240 e. The molecular formula is C17H32ClN3O2. The summed E-state index contributed by atoms with van der Waals surface area (Å²) < 4.78 is 0. The van der Waals surface area contributed by atoms with Gasteiger partial charge in [0, 0.05) is 32.1 Å². The molecule has 23 heavy (non-hydrogen) atoms. The first kappa shape index (κ1) is 20.2. The fraction of sp³-hybridized carbons (Fsp3) is 0.882. The van der Waals surface area contributed by atoms with E-state index >= 15 is 0 Å². The van der Waals surface area contributed by atoms with E-state index in [1.54, 1.807) is 0 Å². The van der Waals surface area contributed by atoms with Gasteiger partial charge in [-0.15, -0.1) is 12.4 Å². The summed E-state index contributed by atoms with van der Waals surface area (Å²) in [6.07, 6.45) is 5.68. The van der Waals surface area contributed by atoms with Crippen LogP contribution in [0.3, 0.4) is 0 Å². The maximum atomic E-state index is 12.5. The van der Waals surface area contributed by atoms with Crippen LogP contribution in [0.2, 0.25) is 0 Å². The minimum atomic E-state index is -0.479. The average Bonchev–Trinajstić information content (AvgIpc) is 2.53. The molecule has 134 valence electrons. The van der Waals surface area contributed by atoms with Gasteiger partial charge in [-0.05, 0) is 18.3 Å². The number of amides is 2. The van der Waals surface area contributed by atoms with Crippen LogP contribution in [0, 0.1) is 11.3 Å². The molecule has 2 N–H and O–H groups in total. The quantitative estimate of drug-likeness (QED) is 0.832. The van der Waals surface area contributed by atoms with Gasteiger partial charge < -0.3 is 15.5 Å². The maximum Gasteiger partial charge on any atom is 0.240 e. The second kappa shape index (κ2) is 8.34. The summed E-state index contributed by atoms with van der Waals surface area (Å²) >= 11 is 0. The van der Waals surface area contributed by atoms with E-state index in [1.807, 2.05) is 30.6 Å². The Hall–Kier alpha value is -0.810. The molecule has 1 heterocycles. The zero-order valence-corrected chi connectivity index (χ0v) is 15.5. The third-order valence-corrected chi connectivity index (χ3v) is 5.06. The molecule has 6 heteroatoms. The summed E-state index contributed by atoms with van der Waals surface area (Å²) in [7, 11) is 0. The number of hydrogen-bond acceptors (Lipinski definition) is 3. The summed E-state index contributed by atoms with van der Waals surface area (Å²) in [4.78, 5) is 28.7. The van der Waals surface area contributed by atoms with Crippen molar-refractivity contribution in [2.24, 2.45) is 17.1 Å². The van der Waals surface area contributed by atoms with Gasteiger partial charge >= 0.3 is 0 Å². The Morgan fingerprint density at radius 2 is 1.43 bits per heavy atom. The Morgan fingerprint density at radius 3 is 1.91 bits per heavy atom. The number of carbonyl (C=O) groups is 2. The van der Waals surface area contributed by atoms with Crippen molar-refractivity contribution in [2.75, 3.05) is 26.2 Å². The maximum absolute atomic E-state index is 12.5. The van der Waals surface area contributed by atoms with Crippen LogP contribution in [0.15, 0.2) is 0 Å². The SMILES string of the molecule is CC(C)(C)[C@H](N)C(=O)N1CCN(C(=O)C2CCCCC2)CC1.Cl. The molecule has 0 aromatic rings. The van der Waals surface area contributed by atoms with E-state index in [-0.39, 0.29) is 29.6 Å². The van der Waals surface area contributed by atoms with E-state index in [4.69, 9.17) is 5.73 Å². The van der Waals surface area contributed by atoms with Crippen molar-refractivity contribution >= 4 is 24.2 Å². The number of halogens is 1. The second-order valence-corrected chi connectivity index (χ2v) is 7.83. The molecule has 0 aromatic heterocycles. The van der Waals surface area contributed by atoms with Crippen LogP contribution in [0.4, 0.5) is 0 Å². The topological polar surface area (TPSA) is 66.6 Å².